The molecule has 4 heteroatoms. The van der Waals surface area contributed by atoms with Crippen molar-refractivity contribution in [3.8, 4) is 45.3 Å². The normalized spacial score (nSPS) is 11.2. The topological polar surface area (TPSA) is 38.7 Å². The van der Waals surface area contributed by atoms with E-state index in [1.54, 1.807) is 0 Å². The summed E-state index contributed by atoms with van der Waals surface area (Å²) >= 11 is 3.87. The molecule has 7 rings (SSSR count). The first-order valence-electron chi connectivity index (χ1n) is 12.8. The van der Waals surface area contributed by atoms with E-state index in [0.717, 1.165) is 26.7 Å². The summed E-state index contributed by atoms with van der Waals surface area (Å²) in [4.78, 5) is 14.7. The van der Waals surface area contributed by atoms with Gasteiger partial charge in [-0.1, -0.05) is 127 Å². The minimum Gasteiger partial charge on any atom is -0.208 e. The maximum Gasteiger partial charge on any atom is 0.164 e. The molecule has 184 valence electrons. The van der Waals surface area contributed by atoms with Crippen LogP contribution in [0.4, 0.5) is 0 Å². The lowest BCUT2D eigenvalue weighted by molar-refractivity contribution is 1.07. The molecule has 0 bridgehead atoms. The summed E-state index contributed by atoms with van der Waals surface area (Å²) in [6.07, 6.45) is 0. The van der Waals surface area contributed by atoms with Crippen LogP contribution in [0.25, 0.3) is 66.8 Å². The second kappa shape index (κ2) is 9.90. The Hall–Kier alpha value is -4.67. The summed E-state index contributed by atoms with van der Waals surface area (Å²) in [5, 5.41) is 4.78. The molecule has 0 radical (unpaired) electrons. The van der Waals surface area contributed by atoms with Crippen molar-refractivity contribution in [2.45, 2.75) is 0 Å². The van der Waals surface area contributed by atoms with Gasteiger partial charge in [0, 0.05) is 21.2 Å². The summed E-state index contributed by atoms with van der Waals surface area (Å²) in [5.74, 6) is 1.96. The molecule has 0 saturated carbocycles. The number of aromatic nitrogens is 3. The maximum atomic E-state index is 4.94. The Bertz CT molecular complexity index is 1850. The fourth-order valence-corrected chi connectivity index (χ4v) is 5.83. The SMILES string of the molecule is Brc1c2ccccc2c(-c2cccc(-c3nc(-c4ccccc4)nc(-c4ccccc4)n3)c2)c2ccccc12. The van der Waals surface area contributed by atoms with Crippen LogP contribution < -0.4 is 0 Å². The minimum absolute atomic E-state index is 0.648. The van der Waals surface area contributed by atoms with E-state index in [2.05, 4.69) is 88.7 Å². The summed E-state index contributed by atoms with van der Waals surface area (Å²) in [6.45, 7) is 0. The number of rotatable bonds is 4. The molecule has 0 spiro atoms. The van der Waals surface area contributed by atoms with Crippen LogP contribution in [-0.4, -0.2) is 15.0 Å². The highest BCUT2D eigenvalue weighted by Crippen LogP contribution is 2.42. The first kappa shape index (κ1) is 23.4. The third-order valence-electron chi connectivity index (χ3n) is 6.97. The van der Waals surface area contributed by atoms with Crippen molar-refractivity contribution in [2.24, 2.45) is 0 Å². The smallest absolute Gasteiger partial charge is 0.164 e. The van der Waals surface area contributed by atoms with Gasteiger partial charge in [0.05, 0.1) is 0 Å². The molecule has 7 aromatic rings. The van der Waals surface area contributed by atoms with E-state index in [1.165, 1.54) is 27.1 Å². The van der Waals surface area contributed by atoms with Crippen molar-refractivity contribution >= 4 is 37.5 Å². The average molecular weight is 564 g/mol. The van der Waals surface area contributed by atoms with Crippen LogP contribution in [0.2, 0.25) is 0 Å². The van der Waals surface area contributed by atoms with Crippen LogP contribution >= 0.6 is 15.9 Å². The molecule has 0 amide bonds. The Balaban J connectivity index is 1.46. The Morgan fingerprint density at radius 3 is 1.26 bits per heavy atom. The number of benzene rings is 6. The van der Waals surface area contributed by atoms with E-state index in [0.29, 0.717) is 17.5 Å². The van der Waals surface area contributed by atoms with Gasteiger partial charge in [0.25, 0.3) is 0 Å². The average Bonchev–Trinajstić information content (AvgIpc) is 3.02. The quantitative estimate of drug-likeness (QED) is 0.200. The molecule has 0 aliphatic rings. The standard InChI is InChI=1S/C35H22BrN3/c36-32-29-20-9-7-18-27(29)31(28-19-8-10-21-30(28)32)25-16-11-17-26(22-25)35-38-33(23-12-3-1-4-13-23)37-34(39-35)24-14-5-2-6-15-24/h1-22H. The number of nitrogens with zero attached hydrogens (tertiary/aromatic N) is 3. The molecule has 3 nitrogen and oxygen atoms in total. The highest BCUT2D eigenvalue weighted by atomic mass is 79.9. The van der Waals surface area contributed by atoms with Crippen molar-refractivity contribution in [2.75, 3.05) is 0 Å². The Morgan fingerprint density at radius 1 is 0.359 bits per heavy atom. The first-order chi connectivity index (χ1) is 19.3. The number of halogens is 1. The van der Waals surface area contributed by atoms with Gasteiger partial charge >= 0.3 is 0 Å². The molecule has 1 heterocycles. The molecule has 1 aromatic heterocycles. The van der Waals surface area contributed by atoms with Crippen LogP contribution in [0.1, 0.15) is 0 Å². The van der Waals surface area contributed by atoms with Gasteiger partial charge in [0.2, 0.25) is 0 Å². The molecule has 0 N–H and O–H groups in total. The van der Waals surface area contributed by atoms with Crippen molar-refractivity contribution in [1.82, 2.24) is 15.0 Å². The first-order valence-corrected chi connectivity index (χ1v) is 13.6. The van der Waals surface area contributed by atoms with E-state index in [9.17, 15) is 0 Å². The van der Waals surface area contributed by atoms with Gasteiger partial charge in [-0.3, -0.25) is 0 Å². The summed E-state index contributed by atoms with van der Waals surface area (Å²) in [7, 11) is 0. The molecular formula is C35H22BrN3. The predicted octanol–water partition coefficient (Wildman–Crippen LogP) is 9.61. The fraction of sp³-hybridized carbons (Fsp3) is 0. The predicted molar refractivity (Wildman–Crippen MR) is 164 cm³/mol. The van der Waals surface area contributed by atoms with E-state index in [-0.39, 0.29) is 0 Å². The van der Waals surface area contributed by atoms with Gasteiger partial charge in [-0.25, -0.2) is 15.0 Å². The molecule has 6 aromatic carbocycles. The lowest BCUT2D eigenvalue weighted by Crippen LogP contribution is -2.00. The maximum absolute atomic E-state index is 4.94. The monoisotopic (exact) mass is 563 g/mol. The zero-order valence-electron chi connectivity index (χ0n) is 20.9. The molecule has 0 atom stereocenters. The van der Waals surface area contributed by atoms with Gasteiger partial charge < -0.3 is 0 Å². The highest BCUT2D eigenvalue weighted by Gasteiger charge is 2.16. The summed E-state index contributed by atoms with van der Waals surface area (Å²) < 4.78 is 1.12. The van der Waals surface area contributed by atoms with Gasteiger partial charge in [-0.2, -0.15) is 0 Å². The Labute approximate surface area is 235 Å². The lowest BCUT2D eigenvalue weighted by atomic mass is 9.91. The van der Waals surface area contributed by atoms with Crippen molar-refractivity contribution in [1.29, 1.82) is 0 Å². The minimum atomic E-state index is 0.648. The molecule has 0 aliphatic heterocycles. The second-order valence-electron chi connectivity index (χ2n) is 9.40. The van der Waals surface area contributed by atoms with Crippen LogP contribution in [0.15, 0.2) is 138 Å². The molecule has 39 heavy (non-hydrogen) atoms. The van der Waals surface area contributed by atoms with Crippen LogP contribution in [0.5, 0.6) is 0 Å². The van der Waals surface area contributed by atoms with Gasteiger partial charge in [-0.15, -0.1) is 0 Å². The fourth-order valence-electron chi connectivity index (χ4n) is 5.14. The van der Waals surface area contributed by atoms with Gasteiger partial charge in [0.1, 0.15) is 0 Å². The van der Waals surface area contributed by atoms with Crippen molar-refractivity contribution in [3.63, 3.8) is 0 Å². The highest BCUT2D eigenvalue weighted by molar-refractivity contribution is 9.10. The van der Waals surface area contributed by atoms with E-state index in [4.69, 9.17) is 15.0 Å². The van der Waals surface area contributed by atoms with E-state index < -0.39 is 0 Å². The number of hydrogen-bond donors (Lipinski definition) is 0. The van der Waals surface area contributed by atoms with Gasteiger partial charge in [0.15, 0.2) is 17.5 Å². The third kappa shape index (κ3) is 4.29. The van der Waals surface area contributed by atoms with Gasteiger partial charge in [-0.05, 0) is 54.7 Å². The van der Waals surface area contributed by atoms with E-state index >= 15 is 0 Å². The van der Waals surface area contributed by atoms with Crippen molar-refractivity contribution in [3.05, 3.63) is 138 Å². The summed E-state index contributed by atoms with van der Waals surface area (Å²) in [5.41, 5.74) is 5.18. The second-order valence-corrected chi connectivity index (χ2v) is 10.2. The lowest BCUT2D eigenvalue weighted by Gasteiger charge is -2.15. The molecule has 0 fully saturated rings. The Kier molecular flexibility index (Phi) is 5.95. The third-order valence-corrected chi connectivity index (χ3v) is 7.83. The molecule has 0 saturated heterocycles. The largest absolute Gasteiger partial charge is 0.208 e. The molecule has 0 aliphatic carbocycles. The zero-order chi connectivity index (χ0) is 26.2. The molecular weight excluding hydrogens is 542 g/mol. The van der Waals surface area contributed by atoms with Crippen molar-refractivity contribution < 1.29 is 0 Å². The summed E-state index contributed by atoms with van der Waals surface area (Å²) in [6, 6.07) is 45.8. The zero-order valence-corrected chi connectivity index (χ0v) is 22.5. The number of hydrogen-bond acceptors (Lipinski definition) is 3. The molecule has 0 unspecified atom stereocenters. The number of fused-ring (bicyclic) bond motifs is 2. The Morgan fingerprint density at radius 2 is 0.744 bits per heavy atom. The van der Waals surface area contributed by atoms with Crippen LogP contribution in [0.3, 0.4) is 0 Å². The van der Waals surface area contributed by atoms with Crippen LogP contribution in [-0.2, 0) is 0 Å². The van der Waals surface area contributed by atoms with E-state index in [1.807, 2.05) is 60.7 Å². The van der Waals surface area contributed by atoms with Crippen LogP contribution in [0, 0.1) is 0 Å².